The Balaban J connectivity index is 2.14. The normalized spacial score (nSPS) is 18.6. The van der Waals surface area contributed by atoms with Crippen LogP contribution in [0.15, 0.2) is 12.1 Å². The van der Waals surface area contributed by atoms with Crippen molar-refractivity contribution in [3.05, 3.63) is 23.4 Å². The minimum Gasteiger partial charge on any atom is -0.356 e. The van der Waals surface area contributed by atoms with Crippen molar-refractivity contribution >= 4 is 5.82 Å². The summed E-state index contributed by atoms with van der Waals surface area (Å²) in [4.78, 5) is 6.96. The van der Waals surface area contributed by atoms with Gasteiger partial charge in [0.05, 0.1) is 11.6 Å². The first-order valence-electron chi connectivity index (χ1n) is 7.57. The molecule has 1 unspecified atom stereocenters. The molecule has 2 heterocycles. The molecule has 0 bridgehead atoms. The predicted octanol–water partition coefficient (Wildman–Crippen LogP) is 2.48. The van der Waals surface area contributed by atoms with Crippen molar-refractivity contribution in [1.29, 1.82) is 5.26 Å². The van der Waals surface area contributed by atoms with Crippen LogP contribution in [0.25, 0.3) is 0 Å². The van der Waals surface area contributed by atoms with E-state index >= 15 is 0 Å². The van der Waals surface area contributed by atoms with Crippen LogP contribution in [-0.4, -0.2) is 31.2 Å². The van der Waals surface area contributed by atoms with Gasteiger partial charge in [0.25, 0.3) is 0 Å². The Bertz CT molecular complexity index is 472. The lowest BCUT2D eigenvalue weighted by Crippen LogP contribution is -2.39. The van der Waals surface area contributed by atoms with Crippen LogP contribution in [0.3, 0.4) is 0 Å². The summed E-state index contributed by atoms with van der Waals surface area (Å²) in [5.74, 6) is 1.64. The molecule has 1 aromatic heterocycles. The number of piperidine rings is 1. The van der Waals surface area contributed by atoms with Gasteiger partial charge in [0.1, 0.15) is 5.82 Å². The number of anilines is 1. The number of nitrogens with one attached hydrogen (secondary N) is 1. The highest BCUT2D eigenvalue weighted by atomic mass is 15.2. The third-order valence-corrected chi connectivity index (χ3v) is 3.76. The molecule has 4 heteroatoms. The Labute approximate surface area is 121 Å². The zero-order chi connectivity index (χ0) is 14.4. The van der Waals surface area contributed by atoms with E-state index in [9.17, 15) is 0 Å². The van der Waals surface area contributed by atoms with Gasteiger partial charge in [0, 0.05) is 18.8 Å². The Morgan fingerprint density at radius 3 is 3.00 bits per heavy atom. The molecule has 0 radical (unpaired) electrons. The highest BCUT2D eigenvalue weighted by molar-refractivity contribution is 5.46. The standard InChI is InChI=1S/C16H24N4/c1-3-7-20(12-14-5-4-6-18-11-14)16-9-15(10-17)8-13(2)19-16/h8-9,14,18H,3-7,11-12H2,1-2H3. The Morgan fingerprint density at radius 1 is 1.50 bits per heavy atom. The topological polar surface area (TPSA) is 52.0 Å². The molecule has 0 aliphatic carbocycles. The summed E-state index contributed by atoms with van der Waals surface area (Å²) in [5.41, 5.74) is 1.62. The molecular weight excluding hydrogens is 248 g/mol. The van der Waals surface area contributed by atoms with E-state index in [0.29, 0.717) is 11.5 Å². The fourth-order valence-electron chi connectivity index (χ4n) is 2.84. The summed E-state index contributed by atoms with van der Waals surface area (Å²) in [6.07, 6.45) is 3.64. The molecule has 0 spiro atoms. The molecular formula is C16H24N4. The summed E-state index contributed by atoms with van der Waals surface area (Å²) in [5, 5.41) is 12.6. The van der Waals surface area contributed by atoms with Gasteiger partial charge >= 0.3 is 0 Å². The lowest BCUT2D eigenvalue weighted by atomic mass is 9.99. The maximum absolute atomic E-state index is 9.11. The molecule has 0 amide bonds. The van der Waals surface area contributed by atoms with Crippen LogP contribution in [0.1, 0.15) is 37.4 Å². The summed E-state index contributed by atoms with van der Waals surface area (Å²) < 4.78 is 0. The van der Waals surface area contributed by atoms with Gasteiger partial charge in [-0.2, -0.15) is 5.26 Å². The van der Waals surface area contributed by atoms with Crippen molar-refractivity contribution in [2.45, 2.75) is 33.1 Å². The average Bonchev–Trinajstić information content (AvgIpc) is 2.47. The van der Waals surface area contributed by atoms with E-state index in [-0.39, 0.29) is 0 Å². The minimum absolute atomic E-state index is 0.683. The SMILES string of the molecule is CCCN(CC1CCCNC1)c1cc(C#N)cc(C)n1. The monoisotopic (exact) mass is 272 g/mol. The first kappa shape index (κ1) is 14.8. The third-order valence-electron chi connectivity index (χ3n) is 3.76. The maximum atomic E-state index is 9.11. The molecule has 1 N–H and O–H groups in total. The molecule has 1 saturated heterocycles. The van der Waals surface area contributed by atoms with Crippen LogP contribution >= 0.6 is 0 Å². The second kappa shape index (κ2) is 7.25. The highest BCUT2D eigenvalue weighted by Crippen LogP contribution is 2.19. The summed E-state index contributed by atoms with van der Waals surface area (Å²) in [6, 6.07) is 5.99. The number of aryl methyl sites for hydroxylation is 1. The zero-order valence-electron chi connectivity index (χ0n) is 12.5. The van der Waals surface area contributed by atoms with Crippen LogP contribution in [0.2, 0.25) is 0 Å². The van der Waals surface area contributed by atoms with Gasteiger partial charge < -0.3 is 10.2 Å². The van der Waals surface area contributed by atoms with Crippen molar-refractivity contribution < 1.29 is 0 Å². The van der Waals surface area contributed by atoms with Crippen molar-refractivity contribution in [2.75, 3.05) is 31.1 Å². The number of pyridine rings is 1. The summed E-state index contributed by atoms with van der Waals surface area (Å²) >= 11 is 0. The Kier molecular flexibility index (Phi) is 5.37. The van der Waals surface area contributed by atoms with Gasteiger partial charge in [0.2, 0.25) is 0 Å². The van der Waals surface area contributed by atoms with E-state index in [1.165, 1.54) is 12.8 Å². The Morgan fingerprint density at radius 2 is 2.35 bits per heavy atom. The van der Waals surface area contributed by atoms with Gasteiger partial charge in [-0.1, -0.05) is 6.92 Å². The van der Waals surface area contributed by atoms with E-state index < -0.39 is 0 Å². The zero-order valence-corrected chi connectivity index (χ0v) is 12.5. The molecule has 1 aromatic rings. The van der Waals surface area contributed by atoms with Crippen LogP contribution in [0, 0.1) is 24.2 Å². The second-order valence-electron chi connectivity index (χ2n) is 5.63. The second-order valence-corrected chi connectivity index (χ2v) is 5.63. The Hall–Kier alpha value is -1.60. The van der Waals surface area contributed by atoms with Gasteiger partial charge in [-0.25, -0.2) is 4.98 Å². The third kappa shape index (κ3) is 3.94. The van der Waals surface area contributed by atoms with E-state index in [4.69, 9.17) is 5.26 Å². The number of nitrogens with zero attached hydrogens (tertiary/aromatic N) is 3. The number of nitriles is 1. The smallest absolute Gasteiger partial charge is 0.130 e. The van der Waals surface area contributed by atoms with Crippen LogP contribution in [0.5, 0.6) is 0 Å². The van der Waals surface area contributed by atoms with Gasteiger partial charge in [-0.3, -0.25) is 0 Å². The minimum atomic E-state index is 0.683. The predicted molar refractivity (Wildman–Crippen MR) is 81.8 cm³/mol. The largest absolute Gasteiger partial charge is 0.356 e. The maximum Gasteiger partial charge on any atom is 0.130 e. The molecule has 1 fully saturated rings. The van der Waals surface area contributed by atoms with Crippen LogP contribution in [0.4, 0.5) is 5.82 Å². The van der Waals surface area contributed by atoms with E-state index in [2.05, 4.69) is 28.2 Å². The van der Waals surface area contributed by atoms with Gasteiger partial charge in [-0.05, 0) is 57.3 Å². The average molecular weight is 272 g/mol. The first-order chi connectivity index (χ1) is 9.72. The van der Waals surface area contributed by atoms with E-state index in [1.54, 1.807) is 0 Å². The van der Waals surface area contributed by atoms with Gasteiger partial charge in [0.15, 0.2) is 0 Å². The molecule has 1 atom stereocenters. The molecule has 1 aliphatic rings. The summed E-state index contributed by atoms with van der Waals surface area (Å²) in [7, 11) is 0. The fraction of sp³-hybridized carbons (Fsp3) is 0.625. The molecule has 0 saturated carbocycles. The molecule has 0 aromatic carbocycles. The van der Waals surface area contributed by atoms with E-state index in [0.717, 1.165) is 44.1 Å². The van der Waals surface area contributed by atoms with E-state index in [1.807, 2.05) is 19.1 Å². The van der Waals surface area contributed by atoms with Crippen LogP contribution < -0.4 is 10.2 Å². The number of hydrogen-bond donors (Lipinski definition) is 1. The van der Waals surface area contributed by atoms with Crippen molar-refractivity contribution in [3.8, 4) is 6.07 Å². The quantitative estimate of drug-likeness (QED) is 0.894. The van der Waals surface area contributed by atoms with Crippen molar-refractivity contribution in [3.63, 3.8) is 0 Å². The van der Waals surface area contributed by atoms with Crippen molar-refractivity contribution in [2.24, 2.45) is 5.92 Å². The lowest BCUT2D eigenvalue weighted by Gasteiger charge is -2.31. The fourth-order valence-corrected chi connectivity index (χ4v) is 2.84. The molecule has 4 nitrogen and oxygen atoms in total. The number of hydrogen-bond acceptors (Lipinski definition) is 4. The number of aromatic nitrogens is 1. The van der Waals surface area contributed by atoms with Gasteiger partial charge in [-0.15, -0.1) is 0 Å². The molecule has 108 valence electrons. The number of rotatable bonds is 5. The molecule has 2 rings (SSSR count). The highest BCUT2D eigenvalue weighted by Gasteiger charge is 2.18. The molecule has 1 aliphatic heterocycles. The summed E-state index contributed by atoms with van der Waals surface area (Å²) in [6.45, 7) is 8.41. The lowest BCUT2D eigenvalue weighted by molar-refractivity contribution is 0.376. The van der Waals surface area contributed by atoms with Crippen molar-refractivity contribution in [1.82, 2.24) is 10.3 Å². The first-order valence-corrected chi connectivity index (χ1v) is 7.57. The molecule has 20 heavy (non-hydrogen) atoms. The van der Waals surface area contributed by atoms with Crippen LogP contribution in [-0.2, 0) is 0 Å².